The van der Waals surface area contributed by atoms with Crippen LogP contribution in [0.1, 0.15) is 33.1 Å². The van der Waals surface area contributed by atoms with Gasteiger partial charge >= 0.3 is 0 Å². The fourth-order valence-corrected chi connectivity index (χ4v) is 2.94. The first kappa shape index (κ1) is 18.0. The van der Waals surface area contributed by atoms with Crippen LogP contribution in [0.4, 0.5) is 0 Å². The lowest BCUT2D eigenvalue weighted by molar-refractivity contribution is 0.464. The number of hydrogen-bond donors (Lipinski definition) is 2. The Labute approximate surface area is 128 Å². The highest BCUT2D eigenvalue weighted by Gasteiger charge is 2.14. The third-order valence-electron chi connectivity index (χ3n) is 3.43. The number of nitrogens with one attached hydrogen (secondary N) is 2. The third kappa shape index (κ3) is 6.48. The van der Waals surface area contributed by atoms with Crippen molar-refractivity contribution < 1.29 is 8.42 Å². The van der Waals surface area contributed by atoms with Gasteiger partial charge in [0.2, 0.25) is 10.0 Å². The molecule has 0 saturated carbocycles. The largest absolute Gasteiger partial charge is 0.357 e. The zero-order chi connectivity index (χ0) is 15.7. The molecule has 0 atom stereocenters. The lowest BCUT2D eigenvalue weighted by Gasteiger charge is -2.17. The number of sulfonamides is 1. The quantitative estimate of drug-likeness (QED) is 0.302. The minimum Gasteiger partial charge on any atom is -0.357 e. The molecule has 6 nitrogen and oxygen atoms in total. The Kier molecular flexibility index (Phi) is 7.74. The molecule has 0 amide bonds. The highest BCUT2D eigenvalue weighted by molar-refractivity contribution is 7.89. The fraction of sp³-hybridized carbons (Fsp3) is 0.786. The van der Waals surface area contributed by atoms with Gasteiger partial charge in [-0.25, -0.2) is 12.7 Å². The van der Waals surface area contributed by atoms with E-state index in [0.29, 0.717) is 19.1 Å². The normalized spacial score (nSPS) is 16.7. The molecule has 0 aromatic heterocycles. The Morgan fingerprint density at radius 2 is 2.00 bits per heavy atom. The zero-order valence-corrected chi connectivity index (χ0v) is 14.1. The summed E-state index contributed by atoms with van der Waals surface area (Å²) in [5.41, 5.74) is 0. The van der Waals surface area contributed by atoms with Crippen LogP contribution in [-0.2, 0) is 10.0 Å². The molecule has 0 aromatic rings. The van der Waals surface area contributed by atoms with Crippen molar-refractivity contribution in [3.8, 4) is 0 Å². The Balaban J connectivity index is 2.36. The van der Waals surface area contributed by atoms with Gasteiger partial charge in [0.25, 0.3) is 0 Å². The van der Waals surface area contributed by atoms with Gasteiger partial charge < -0.3 is 10.6 Å². The summed E-state index contributed by atoms with van der Waals surface area (Å²) >= 11 is 0. The highest BCUT2D eigenvalue weighted by atomic mass is 32.2. The predicted molar refractivity (Wildman–Crippen MR) is 88.0 cm³/mol. The van der Waals surface area contributed by atoms with Gasteiger partial charge in [-0.15, -0.1) is 0 Å². The highest BCUT2D eigenvalue weighted by Crippen LogP contribution is 2.08. The standard InChI is InChI=1S/C14H28N4O2S/c1-4-15-14(17-13-9-6-7-10-13)16-11-8-12-18(3)21(19,20)5-2/h6-7,13H,4-5,8-12H2,1-3H3,(H2,15,16,17). The molecule has 2 N–H and O–H groups in total. The molecule has 0 spiro atoms. The minimum atomic E-state index is -3.08. The molecular formula is C14H28N4O2S. The van der Waals surface area contributed by atoms with Crippen molar-refractivity contribution in [3.63, 3.8) is 0 Å². The van der Waals surface area contributed by atoms with Crippen molar-refractivity contribution in [1.82, 2.24) is 14.9 Å². The van der Waals surface area contributed by atoms with Gasteiger partial charge in [0, 0.05) is 32.7 Å². The number of rotatable bonds is 8. The van der Waals surface area contributed by atoms with E-state index in [4.69, 9.17) is 0 Å². The minimum absolute atomic E-state index is 0.144. The van der Waals surface area contributed by atoms with Crippen LogP contribution in [0.2, 0.25) is 0 Å². The first-order valence-electron chi connectivity index (χ1n) is 7.63. The van der Waals surface area contributed by atoms with Crippen LogP contribution < -0.4 is 10.6 Å². The van der Waals surface area contributed by atoms with Crippen molar-refractivity contribution in [2.45, 2.75) is 39.2 Å². The predicted octanol–water partition coefficient (Wildman–Crippen LogP) is 0.932. The number of guanidine groups is 1. The maximum absolute atomic E-state index is 11.6. The molecule has 122 valence electrons. The second-order valence-electron chi connectivity index (χ2n) is 5.12. The summed E-state index contributed by atoms with van der Waals surface area (Å²) < 4.78 is 24.6. The van der Waals surface area contributed by atoms with E-state index in [1.165, 1.54) is 4.31 Å². The van der Waals surface area contributed by atoms with Crippen LogP contribution in [0.3, 0.4) is 0 Å². The molecule has 0 aromatic carbocycles. The van der Waals surface area contributed by atoms with Crippen LogP contribution in [0.5, 0.6) is 0 Å². The topological polar surface area (TPSA) is 73.8 Å². The molecule has 0 unspecified atom stereocenters. The maximum atomic E-state index is 11.6. The smallest absolute Gasteiger partial charge is 0.213 e. The Bertz CT molecular complexity index is 452. The molecule has 1 rings (SSSR count). The summed E-state index contributed by atoms with van der Waals surface area (Å²) in [5, 5.41) is 6.61. The molecule has 21 heavy (non-hydrogen) atoms. The van der Waals surface area contributed by atoms with E-state index in [2.05, 4.69) is 27.8 Å². The van der Waals surface area contributed by atoms with Crippen LogP contribution in [0.15, 0.2) is 17.1 Å². The van der Waals surface area contributed by atoms with E-state index in [1.807, 2.05) is 6.92 Å². The van der Waals surface area contributed by atoms with Gasteiger partial charge in [-0.2, -0.15) is 0 Å². The number of nitrogens with zero attached hydrogens (tertiary/aromatic N) is 2. The third-order valence-corrected chi connectivity index (χ3v) is 5.30. The molecule has 0 fully saturated rings. The number of aliphatic imine (C=N–C) groups is 1. The summed E-state index contributed by atoms with van der Waals surface area (Å²) in [7, 11) is -1.46. The van der Waals surface area contributed by atoms with E-state index >= 15 is 0 Å². The van der Waals surface area contributed by atoms with Gasteiger partial charge in [-0.1, -0.05) is 12.2 Å². The Morgan fingerprint density at radius 1 is 1.33 bits per heavy atom. The second kappa shape index (κ2) is 9.04. The summed E-state index contributed by atoms with van der Waals surface area (Å²) in [4.78, 5) is 4.50. The van der Waals surface area contributed by atoms with Gasteiger partial charge in [0.1, 0.15) is 0 Å². The van der Waals surface area contributed by atoms with Crippen molar-refractivity contribution in [3.05, 3.63) is 12.2 Å². The molecule has 1 aliphatic rings. The summed E-state index contributed by atoms with van der Waals surface area (Å²) in [6.45, 7) is 5.62. The summed E-state index contributed by atoms with van der Waals surface area (Å²) in [6.07, 6.45) is 7.12. The van der Waals surface area contributed by atoms with E-state index in [9.17, 15) is 8.42 Å². The molecule has 0 aliphatic heterocycles. The summed E-state index contributed by atoms with van der Waals surface area (Å²) in [6, 6.07) is 0.422. The lowest BCUT2D eigenvalue weighted by atomic mass is 10.2. The SMILES string of the molecule is CCNC(=NCCCN(C)S(=O)(=O)CC)NC1CC=CC1. The maximum Gasteiger partial charge on any atom is 0.213 e. The zero-order valence-electron chi connectivity index (χ0n) is 13.3. The van der Waals surface area contributed by atoms with Crippen molar-refractivity contribution in [2.24, 2.45) is 4.99 Å². The molecule has 0 bridgehead atoms. The molecular weight excluding hydrogens is 288 g/mol. The van der Waals surface area contributed by atoms with Crippen LogP contribution in [0.25, 0.3) is 0 Å². The van der Waals surface area contributed by atoms with E-state index in [0.717, 1.165) is 31.8 Å². The van der Waals surface area contributed by atoms with Gasteiger partial charge in [0.15, 0.2) is 5.96 Å². The second-order valence-corrected chi connectivity index (χ2v) is 7.48. The van der Waals surface area contributed by atoms with E-state index < -0.39 is 10.0 Å². The van der Waals surface area contributed by atoms with E-state index in [1.54, 1.807) is 14.0 Å². The van der Waals surface area contributed by atoms with Crippen LogP contribution >= 0.6 is 0 Å². The van der Waals surface area contributed by atoms with Crippen molar-refractivity contribution >= 4 is 16.0 Å². The Morgan fingerprint density at radius 3 is 2.57 bits per heavy atom. The average Bonchev–Trinajstić information content (AvgIpc) is 2.96. The van der Waals surface area contributed by atoms with Crippen molar-refractivity contribution in [1.29, 1.82) is 0 Å². The first-order chi connectivity index (χ1) is 9.99. The van der Waals surface area contributed by atoms with Gasteiger partial charge in [-0.05, 0) is 33.1 Å². The van der Waals surface area contributed by atoms with Crippen LogP contribution in [0, 0.1) is 0 Å². The van der Waals surface area contributed by atoms with Gasteiger partial charge in [0.05, 0.1) is 5.75 Å². The average molecular weight is 316 g/mol. The van der Waals surface area contributed by atoms with Crippen LogP contribution in [-0.4, -0.2) is 57.2 Å². The lowest BCUT2D eigenvalue weighted by Crippen LogP contribution is -2.42. The summed E-state index contributed by atoms with van der Waals surface area (Å²) in [5.74, 6) is 0.957. The molecule has 0 radical (unpaired) electrons. The monoisotopic (exact) mass is 316 g/mol. The molecule has 7 heteroatoms. The molecule has 0 saturated heterocycles. The molecule has 1 aliphatic carbocycles. The van der Waals surface area contributed by atoms with Gasteiger partial charge in [-0.3, -0.25) is 4.99 Å². The first-order valence-corrected chi connectivity index (χ1v) is 9.24. The fourth-order valence-electron chi connectivity index (χ4n) is 2.09. The van der Waals surface area contributed by atoms with E-state index in [-0.39, 0.29) is 5.75 Å². The van der Waals surface area contributed by atoms with Crippen molar-refractivity contribution in [2.75, 3.05) is 32.4 Å². The molecule has 0 heterocycles. The Hall–Kier alpha value is -1.08. The number of hydrogen-bond acceptors (Lipinski definition) is 3.